The van der Waals surface area contributed by atoms with Gasteiger partial charge in [-0.15, -0.1) is 0 Å². The third-order valence-corrected chi connectivity index (χ3v) is 7.15. The lowest BCUT2D eigenvalue weighted by Gasteiger charge is -2.11. The first-order chi connectivity index (χ1) is 17.1. The van der Waals surface area contributed by atoms with Crippen LogP contribution in [0.3, 0.4) is 0 Å². The molecule has 1 fully saturated rings. The second kappa shape index (κ2) is 8.93. The number of aromatic nitrogens is 4. The summed E-state index contributed by atoms with van der Waals surface area (Å²) in [5, 5.41) is 11.8. The lowest BCUT2D eigenvalue weighted by molar-refractivity contribution is -0.497. The van der Waals surface area contributed by atoms with Crippen molar-refractivity contribution in [3.63, 3.8) is 0 Å². The average Bonchev–Trinajstić information content (AvgIpc) is 3.58. The van der Waals surface area contributed by atoms with Gasteiger partial charge in [-0.25, -0.2) is 8.80 Å². The number of nitro groups is 1. The molecule has 0 amide bonds. The standard InChI is InChI=1S/C26H25N7O2.2ClH/c1-27(2)25-29-15-5-3-9-20(29)24-23-21-10-4-6-16-30(21)26(28-13-7-8-14-28)31(23)19-12-11-18(33(34)35)17-22(19)32(24)25;;/h3-6,9-12,15-17H,7-8,13-14H2,1-2H3;2*1H/q+2;;/p-2. The van der Waals surface area contributed by atoms with Gasteiger partial charge in [0, 0.05) is 6.07 Å². The van der Waals surface area contributed by atoms with E-state index in [0.717, 1.165) is 70.9 Å². The van der Waals surface area contributed by atoms with Gasteiger partial charge in [0.05, 0.1) is 50.6 Å². The molecule has 9 nitrogen and oxygen atoms in total. The number of benzene rings is 1. The second-order valence-corrected chi connectivity index (χ2v) is 9.40. The molecule has 190 valence electrons. The number of fused-ring (bicyclic) bond motifs is 10. The van der Waals surface area contributed by atoms with E-state index < -0.39 is 0 Å². The van der Waals surface area contributed by atoms with Crippen molar-refractivity contribution in [2.75, 3.05) is 37.0 Å². The lowest BCUT2D eigenvalue weighted by Crippen LogP contribution is -3.00. The van der Waals surface area contributed by atoms with Crippen LogP contribution in [0, 0.1) is 10.1 Å². The Hall–Kier alpha value is -3.82. The van der Waals surface area contributed by atoms with Crippen molar-refractivity contribution < 1.29 is 38.5 Å². The van der Waals surface area contributed by atoms with Crippen LogP contribution in [0.1, 0.15) is 12.8 Å². The van der Waals surface area contributed by atoms with Crippen molar-refractivity contribution in [2.24, 2.45) is 0 Å². The number of nitrogens with zero attached hydrogens (tertiary/aromatic N) is 7. The third-order valence-electron chi connectivity index (χ3n) is 7.15. The fourth-order valence-corrected chi connectivity index (χ4v) is 5.80. The van der Waals surface area contributed by atoms with Gasteiger partial charge in [0.2, 0.25) is 0 Å². The number of hydrogen-bond acceptors (Lipinski definition) is 4. The number of pyridine rings is 2. The lowest BCUT2D eigenvalue weighted by atomic mass is 10.2. The number of anilines is 2. The zero-order chi connectivity index (χ0) is 23.8. The molecule has 0 aliphatic carbocycles. The molecule has 0 atom stereocenters. The molecule has 7 rings (SSSR count). The maximum absolute atomic E-state index is 11.8. The largest absolute Gasteiger partial charge is 1.00 e. The minimum atomic E-state index is -0.316. The van der Waals surface area contributed by atoms with Crippen LogP contribution in [0.25, 0.3) is 33.1 Å². The normalized spacial score (nSPS) is 13.5. The molecule has 1 aromatic carbocycles. The Balaban J connectivity index is 0.00000140. The Kier molecular flexibility index (Phi) is 6.00. The van der Waals surface area contributed by atoms with Crippen LogP contribution in [0.2, 0.25) is 0 Å². The fourth-order valence-electron chi connectivity index (χ4n) is 5.80. The summed E-state index contributed by atoms with van der Waals surface area (Å²) in [6.07, 6.45) is 6.48. The number of non-ortho nitro benzene ring substituents is 1. The summed E-state index contributed by atoms with van der Waals surface area (Å²) in [5.74, 6) is 2.03. The summed E-state index contributed by atoms with van der Waals surface area (Å²) in [4.78, 5) is 16.0. The molecule has 11 heteroatoms. The summed E-state index contributed by atoms with van der Waals surface area (Å²) in [6, 6.07) is 17.7. The first kappa shape index (κ1) is 24.9. The highest BCUT2D eigenvalue weighted by atomic mass is 35.5. The van der Waals surface area contributed by atoms with E-state index in [0.29, 0.717) is 0 Å². The van der Waals surface area contributed by atoms with Crippen LogP contribution in [-0.2, 0) is 0 Å². The topological polar surface area (TPSA) is 66.6 Å². The van der Waals surface area contributed by atoms with Gasteiger partial charge in [-0.3, -0.25) is 19.9 Å². The van der Waals surface area contributed by atoms with Crippen molar-refractivity contribution in [3.8, 4) is 0 Å². The molecule has 1 aliphatic rings. The number of imidazole rings is 2. The van der Waals surface area contributed by atoms with Crippen molar-refractivity contribution in [1.29, 1.82) is 0 Å². The zero-order valence-electron chi connectivity index (χ0n) is 20.4. The van der Waals surface area contributed by atoms with E-state index in [2.05, 4.69) is 64.1 Å². The van der Waals surface area contributed by atoms with Gasteiger partial charge in [0.15, 0.2) is 27.6 Å². The Morgan fingerprint density at radius 2 is 1.46 bits per heavy atom. The minimum Gasteiger partial charge on any atom is -1.00 e. The molecule has 0 N–H and O–H groups in total. The molecule has 0 bridgehead atoms. The van der Waals surface area contributed by atoms with E-state index in [-0.39, 0.29) is 35.4 Å². The summed E-state index contributed by atoms with van der Waals surface area (Å²) in [7, 11) is 4.02. The molecule has 6 aromatic rings. The van der Waals surface area contributed by atoms with Crippen molar-refractivity contribution in [3.05, 3.63) is 77.1 Å². The second-order valence-electron chi connectivity index (χ2n) is 9.40. The van der Waals surface area contributed by atoms with Gasteiger partial charge in [-0.1, -0.05) is 12.1 Å². The van der Waals surface area contributed by atoms with Crippen LogP contribution in [0.15, 0.2) is 67.0 Å². The quantitative estimate of drug-likeness (QED) is 0.141. The summed E-state index contributed by atoms with van der Waals surface area (Å²) >= 11 is 0. The number of halogens is 2. The Bertz CT molecular complexity index is 1840. The Morgan fingerprint density at radius 3 is 2.11 bits per heavy atom. The van der Waals surface area contributed by atoms with Crippen molar-refractivity contribution >= 4 is 50.7 Å². The molecule has 0 radical (unpaired) electrons. The van der Waals surface area contributed by atoms with E-state index in [1.54, 1.807) is 12.1 Å². The van der Waals surface area contributed by atoms with Crippen molar-refractivity contribution in [1.82, 2.24) is 8.80 Å². The SMILES string of the molecule is CN(C)c1n2c3cc([N+](=O)[O-])ccc3n3c(N4CCCC4)[n+]4ccccc4c3c2c2cccc[n+]12.[Cl-].[Cl-]. The van der Waals surface area contributed by atoms with Crippen LogP contribution >= 0.6 is 0 Å². The van der Waals surface area contributed by atoms with Crippen molar-refractivity contribution in [2.45, 2.75) is 12.8 Å². The first-order valence-corrected chi connectivity index (χ1v) is 11.9. The van der Waals surface area contributed by atoms with Crippen LogP contribution in [-0.4, -0.2) is 40.9 Å². The molecular formula is C26H25Cl2N7O2. The molecule has 1 aliphatic heterocycles. The molecular weight excluding hydrogens is 513 g/mol. The molecule has 5 aromatic heterocycles. The van der Waals surface area contributed by atoms with Gasteiger partial charge in [0.25, 0.3) is 5.69 Å². The van der Waals surface area contributed by atoms with Crippen LogP contribution in [0.4, 0.5) is 17.6 Å². The van der Waals surface area contributed by atoms with Gasteiger partial charge in [-0.2, -0.15) is 8.80 Å². The van der Waals surface area contributed by atoms with Gasteiger partial charge in [0.1, 0.15) is 5.52 Å². The maximum Gasteiger partial charge on any atom is 0.370 e. The Labute approximate surface area is 224 Å². The summed E-state index contributed by atoms with van der Waals surface area (Å²) in [5.41, 5.74) is 6.09. The highest BCUT2D eigenvalue weighted by Gasteiger charge is 2.36. The Morgan fingerprint density at radius 1 is 0.838 bits per heavy atom. The molecule has 0 unspecified atom stereocenters. The smallest absolute Gasteiger partial charge is 0.370 e. The summed E-state index contributed by atoms with van der Waals surface area (Å²) < 4.78 is 8.91. The van der Waals surface area contributed by atoms with E-state index in [4.69, 9.17) is 0 Å². The predicted molar refractivity (Wildman–Crippen MR) is 135 cm³/mol. The minimum absolute atomic E-state index is 0. The molecule has 1 saturated heterocycles. The van der Waals surface area contributed by atoms with E-state index in [1.807, 2.05) is 32.3 Å². The molecule has 0 spiro atoms. The average molecular weight is 538 g/mol. The molecule has 37 heavy (non-hydrogen) atoms. The predicted octanol–water partition coefficient (Wildman–Crippen LogP) is -2.59. The molecule has 0 saturated carbocycles. The fraction of sp³-hybridized carbons (Fsp3) is 0.231. The highest BCUT2D eigenvalue weighted by molar-refractivity contribution is 6.04. The van der Waals surface area contributed by atoms with Gasteiger partial charge >= 0.3 is 11.9 Å². The van der Waals surface area contributed by atoms with Gasteiger partial charge < -0.3 is 24.8 Å². The first-order valence-electron chi connectivity index (χ1n) is 11.9. The highest BCUT2D eigenvalue weighted by Crippen LogP contribution is 2.35. The maximum atomic E-state index is 11.8. The van der Waals surface area contributed by atoms with E-state index in [1.165, 1.54) is 0 Å². The summed E-state index contributed by atoms with van der Waals surface area (Å²) in [6.45, 7) is 1.98. The zero-order valence-corrected chi connectivity index (χ0v) is 21.9. The van der Waals surface area contributed by atoms with Crippen LogP contribution in [0.5, 0.6) is 0 Å². The molecule has 6 heterocycles. The van der Waals surface area contributed by atoms with E-state index >= 15 is 0 Å². The number of nitro benzene ring substituents is 1. The van der Waals surface area contributed by atoms with E-state index in [9.17, 15) is 10.1 Å². The third kappa shape index (κ3) is 3.30. The number of hydrogen-bond donors (Lipinski definition) is 0. The monoisotopic (exact) mass is 537 g/mol. The van der Waals surface area contributed by atoms with Crippen LogP contribution < -0.4 is 43.4 Å². The number of rotatable bonds is 3. The van der Waals surface area contributed by atoms with Gasteiger partial charge in [-0.05, 0) is 43.2 Å².